The molecule has 1 aromatic rings. The second-order valence-corrected chi connectivity index (χ2v) is 3.43. The van der Waals surface area contributed by atoms with Gasteiger partial charge < -0.3 is 9.57 Å². The highest BCUT2D eigenvalue weighted by Crippen LogP contribution is 2.22. The Hall–Kier alpha value is -0.580. The van der Waals surface area contributed by atoms with Crippen LogP contribution in [0, 0.1) is 0 Å². The largest absolute Gasteiger partial charge is 0.497 e. The number of hydrogen-bond donors (Lipinski definition) is 1. The topological polar surface area (TPSA) is 44.5 Å². The molecule has 1 aromatic carbocycles. The van der Waals surface area contributed by atoms with Crippen LogP contribution in [0.15, 0.2) is 22.7 Å². The van der Waals surface area contributed by atoms with Crippen LogP contribution in [-0.4, -0.2) is 13.7 Å². The van der Waals surface area contributed by atoms with E-state index in [1.807, 2.05) is 18.2 Å². The van der Waals surface area contributed by atoms with E-state index in [0.717, 1.165) is 22.2 Å². The lowest BCUT2D eigenvalue weighted by atomic mass is 10.1. The monoisotopic (exact) mass is 245 g/mol. The molecule has 0 radical (unpaired) electrons. The number of benzene rings is 1. The van der Waals surface area contributed by atoms with E-state index < -0.39 is 0 Å². The minimum absolute atomic E-state index is 0.506. The maximum atomic E-state index is 5.10. The van der Waals surface area contributed by atoms with Crippen molar-refractivity contribution >= 4 is 15.9 Å². The van der Waals surface area contributed by atoms with E-state index in [4.69, 9.17) is 10.6 Å². The Bertz CT molecular complexity index is 278. The van der Waals surface area contributed by atoms with Crippen molar-refractivity contribution in [2.75, 3.05) is 13.7 Å². The van der Waals surface area contributed by atoms with Gasteiger partial charge in [0.05, 0.1) is 13.7 Å². The van der Waals surface area contributed by atoms with Crippen molar-refractivity contribution in [1.82, 2.24) is 0 Å². The number of ether oxygens (including phenoxy) is 1. The minimum atomic E-state index is 0.506. The van der Waals surface area contributed by atoms with Gasteiger partial charge in [0.2, 0.25) is 0 Å². The lowest BCUT2D eigenvalue weighted by Gasteiger charge is -2.06. The highest BCUT2D eigenvalue weighted by molar-refractivity contribution is 9.10. The summed E-state index contributed by atoms with van der Waals surface area (Å²) in [5.74, 6) is 5.79. The Balaban J connectivity index is 2.78. The zero-order valence-corrected chi connectivity index (χ0v) is 9.00. The van der Waals surface area contributed by atoms with Crippen molar-refractivity contribution in [3.05, 3.63) is 28.2 Å². The summed E-state index contributed by atoms with van der Waals surface area (Å²) < 4.78 is 6.14. The van der Waals surface area contributed by atoms with Crippen LogP contribution in [0.4, 0.5) is 0 Å². The first-order valence-electron chi connectivity index (χ1n) is 3.92. The van der Waals surface area contributed by atoms with Crippen LogP contribution in [0.1, 0.15) is 5.56 Å². The number of methoxy groups -OCH3 is 1. The zero-order valence-electron chi connectivity index (χ0n) is 7.42. The van der Waals surface area contributed by atoms with Crippen LogP contribution >= 0.6 is 15.9 Å². The van der Waals surface area contributed by atoms with Gasteiger partial charge in [-0.15, -0.1) is 0 Å². The third-order valence-electron chi connectivity index (χ3n) is 1.74. The van der Waals surface area contributed by atoms with Gasteiger partial charge in [0, 0.05) is 4.47 Å². The van der Waals surface area contributed by atoms with Gasteiger partial charge >= 0.3 is 0 Å². The first-order chi connectivity index (χ1) is 6.27. The quantitative estimate of drug-likeness (QED) is 0.825. The summed E-state index contributed by atoms with van der Waals surface area (Å²) in [6, 6.07) is 5.81. The molecule has 0 saturated carbocycles. The number of halogens is 1. The summed E-state index contributed by atoms with van der Waals surface area (Å²) in [6.45, 7) is 0.506. The lowest BCUT2D eigenvalue weighted by Crippen LogP contribution is -2.04. The van der Waals surface area contributed by atoms with Gasteiger partial charge in [-0.2, -0.15) is 0 Å². The summed E-state index contributed by atoms with van der Waals surface area (Å²) in [5, 5.41) is 0. The SMILES string of the molecule is COc1ccc(Br)c(CCON)c1. The van der Waals surface area contributed by atoms with Crippen LogP contribution in [-0.2, 0) is 11.3 Å². The van der Waals surface area contributed by atoms with E-state index in [-0.39, 0.29) is 0 Å². The zero-order chi connectivity index (χ0) is 9.68. The molecule has 2 N–H and O–H groups in total. The van der Waals surface area contributed by atoms with Gasteiger partial charge in [0.25, 0.3) is 0 Å². The molecule has 0 unspecified atom stereocenters. The van der Waals surface area contributed by atoms with Crippen molar-refractivity contribution in [3.8, 4) is 5.75 Å². The minimum Gasteiger partial charge on any atom is -0.497 e. The smallest absolute Gasteiger partial charge is 0.119 e. The Labute approximate surface area is 85.9 Å². The lowest BCUT2D eigenvalue weighted by molar-refractivity contribution is 0.141. The molecule has 13 heavy (non-hydrogen) atoms. The Morgan fingerprint density at radius 1 is 1.46 bits per heavy atom. The molecule has 0 aromatic heterocycles. The van der Waals surface area contributed by atoms with Gasteiger partial charge in [-0.1, -0.05) is 15.9 Å². The van der Waals surface area contributed by atoms with Crippen molar-refractivity contribution < 1.29 is 9.57 Å². The second-order valence-electron chi connectivity index (χ2n) is 2.58. The molecule has 0 atom stereocenters. The number of nitrogens with two attached hydrogens (primary N) is 1. The predicted octanol–water partition coefficient (Wildman–Crippen LogP) is 1.89. The molecule has 0 fully saturated rings. The fourth-order valence-corrected chi connectivity index (χ4v) is 1.48. The van der Waals surface area contributed by atoms with Gasteiger partial charge in [-0.3, -0.25) is 0 Å². The molecule has 4 heteroatoms. The van der Waals surface area contributed by atoms with Crippen molar-refractivity contribution in [3.63, 3.8) is 0 Å². The molecular formula is C9H12BrNO2. The standard InChI is InChI=1S/C9H12BrNO2/c1-12-8-2-3-9(10)7(6-8)4-5-13-11/h2-3,6H,4-5,11H2,1H3. The molecule has 0 aliphatic heterocycles. The third kappa shape index (κ3) is 2.99. The third-order valence-corrected chi connectivity index (χ3v) is 2.52. The van der Waals surface area contributed by atoms with Gasteiger partial charge in [-0.05, 0) is 30.2 Å². The average molecular weight is 246 g/mol. The van der Waals surface area contributed by atoms with E-state index >= 15 is 0 Å². The van der Waals surface area contributed by atoms with Crippen molar-refractivity contribution in [2.24, 2.45) is 5.90 Å². The fraction of sp³-hybridized carbons (Fsp3) is 0.333. The average Bonchev–Trinajstić information content (AvgIpc) is 2.17. The van der Waals surface area contributed by atoms with Crippen LogP contribution in [0.3, 0.4) is 0 Å². The van der Waals surface area contributed by atoms with Crippen molar-refractivity contribution in [1.29, 1.82) is 0 Å². The maximum absolute atomic E-state index is 5.10. The van der Waals surface area contributed by atoms with E-state index in [2.05, 4.69) is 20.8 Å². The molecule has 0 saturated heterocycles. The summed E-state index contributed by atoms with van der Waals surface area (Å²) in [5.41, 5.74) is 1.13. The van der Waals surface area contributed by atoms with Crippen molar-refractivity contribution in [2.45, 2.75) is 6.42 Å². The fourth-order valence-electron chi connectivity index (χ4n) is 1.04. The van der Waals surface area contributed by atoms with Gasteiger partial charge in [0.1, 0.15) is 5.75 Å². The van der Waals surface area contributed by atoms with Crippen LogP contribution in [0.5, 0.6) is 5.75 Å². The van der Waals surface area contributed by atoms with E-state index in [0.29, 0.717) is 6.61 Å². The highest BCUT2D eigenvalue weighted by Gasteiger charge is 2.01. The van der Waals surface area contributed by atoms with E-state index in [1.54, 1.807) is 7.11 Å². The molecule has 0 aliphatic carbocycles. The van der Waals surface area contributed by atoms with Crippen LogP contribution in [0.2, 0.25) is 0 Å². The first-order valence-corrected chi connectivity index (χ1v) is 4.71. The van der Waals surface area contributed by atoms with Gasteiger partial charge in [-0.25, -0.2) is 5.90 Å². The Morgan fingerprint density at radius 2 is 2.23 bits per heavy atom. The predicted molar refractivity (Wildman–Crippen MR) is 54.5 cm³/mol. The Kier molecular flexibility index (Phi) is 4.21. The van der Waals surface area contributed by atoms with E-state index in [9.17, 15) is 0 Å². The molecule has 0 heterocycles. The van der Waals surface area contributed by atoms with Crippen LogP contribution < -0.4 is 10.6 Å². The molecule has 0 bridgehead atoms. The molecule has 0 aliphatic rings. The maximum Gasteiger partial charge on any atom is 0.119 e. The first kappa shape index (κ1) is 10.5. The molecular weight excluding hydrogens is 234 g/mol. The Morgan fingerprint density at radius 3 is 2.85 bits per heavy atom. The normalized spacial score (nSPS) is 10.1. The summed E-state index contributed by atoms with van der Waals surface area (Å²) in [4.78, 5) is 4.51. The highest BCUT2D eigenvalue weighted by atomic mass is 79.9. The summed E-state index contributed by atoms with van der Waals surface area (Å²) >= 11 is 3.44. The number of rotatable bonds is 4. The van der Waals surface area contributed by atoms with Crippen LogP contribution in [0.25, 0.3) is 0 Å². The molecule has 72 valence electrons. The molecule has 0 amide bonds. The molecule has 0 spiro atoms. The molecule has 1 rings (SSSR count). The summed E-state index contributed by atoms with van der Waals surface area (Å²) in [6.07, 6.45) is 0.772. The van der Waals surface area contributed by atoms with Gasteiger partial charge in [0.15, 0.2) is 0 Å². The number of hydrogen-bond acceptors (Lipinski definition) is 3. The molecule has 3 nitrogen and oxygen atoms in total. The summed E-state index contributed by atoms with van der Waals surface area (Å²) in [7, 11) is 1.65. The van der Waals surface area contributed by atoms with E-state index in [1.165, 1.54) is 0 Å². The second kappa shape index (κ2) is 5.21.